The average molecular weight is 269 g/mol. The molecule has 1 aromatic carbocycles. The van der Waals surface area contributed by atoms with Gasteiger partial charge in [0.05, 0.1) is 19.2 Å². The Hall–Kier alpha value is -2.03. The van der Waals surface area contributed by atoms with Crippen molar-refractivity contribution in [3.05, 3.63) is 59.5 Å². The molecule has 1 aromatic heterocycles. The monoisotopic (exact) mass is 269 g/mol. The van der Waals surface area contributed by atoms with Crippen molar-refractivity contribution in [1.29, 1.82) is 0 Å². The van der Waals surface area contributed by atoms with Gasteiger partial charge in [0.2, 0.25) is 5.91 Å². The van der Waals surface area contributed by atoms with E-state index in [2.05, 4.69) is 13.0 Å². The summed E-state index contributed by atoms with van der Waals surface area (Å²) >= 11 is 0. The first-order valence-corrected chi connectivity index (χ1v) is 7.10. The summed E-state index contributed by atoms with van der Waals surface area (Å²) in [5.74, 6) is 1.05. The Balaban J connectivity index is 1.71. The van der Waals surface area contributed by atoms with E-state index in [4.69, 9.17) is 4.42 Å². The van der Waals surface area contributed by atoms with E-state index in [-0.39, 0.29) is 5.91 Å². The molecule has 1 aliphatic carbocycles. The number of nitrogens with zero attached hydrogens (tertiary/aromatic N) is 1. The molecule has 0 aliphatic heterocycles. The van der Waals surface area contributed by atoms with Crippen LogP contribution in [0.15, 0.2) is 47.1 Å². The van der Waals surface area contributed by atoms with Crippen LogP contribution in [-0.2, 0) is 17.8 Å². The molecular formula is C17H19NO2. The van der Waals surface area contributed by atoms with E-state index in [9.17, 15) is 4.79 Å². The van der Waals surface area contributed by atoms with Gasteiger partial charge in [-0.15, -0.1) is 0 Å². The van der Waals surface area contributed by atoms with E-state index in [0.717, 1.165) is 24.2 Å². The van der Waals surface area contributed by atoms with E-state index in [1.165, 1.54) is 5.56 Å². The quantitative estimate of drug-likeness (QED) is 0.834. The summed E-state index contributed by atoms with van der Waals surface area (Å²) in [6.07, 6.45) is 4.36. The van der Waals surface area contributed by atoms with Crippen molar-refractivity contribution < 1.29 is 9.21 Å². The minimum atomic E-state index is 0.193. The van der Waals surface area contributed by atoms with Gasteiger partial charge in [0, 0.05) is 6.04 Å². The van der Waals surface area contributed by atoms with Crippen LogP contribution >= 0.6 is 0 Å². The Morgan fingerprint density at radius 1 is 1.25 bits per heavy atom. The van der Waals surface area contributed by atoms with Crippen molar-refractivity contribution in [3.8, 4) is 0 Å². The van der Waals surface area contributed by atoms with Crippen LogP contribution in [0.5, 0.6) is 0 Å². The lowest BCUT2D eigenvalue weighted by Gasteiger charge is -2.21. The van der Waals surface area contributed by atoms with Crippen molar-refractivity contribution in [2.45, 2.75) is 38.8 Å². The van der Waals surface area contributed by atoms with Gasteiger partial charge in [-0.05, 0) is 43.0 Å². The Morgan fingerprint density at radius 3 is 2.70 bits per heavy atom. The summed E-state index contributed by atoms with van der Waals surface area (Å²) in [4.78, 5) is 14.5. The second kappa shape index (κ2) is 5.53. The molecule has 1 saturated carbocycles. The number of carbonyl (C=O) groups is 1. The van der Waals surface area contributed by atoms with Gasteiger partial charge in [0.15, 0.2) is 0 Å². The van der Waals surface area contributed by atoms with Crippen molar-refractivity contribution in [2.24, 2.45) is 0 Å². The van der Waals surface area contributed by atoms with Gasteiger partial charge >= 0.3 is 0 Å². The molecule has 1 heterocycles. The summed E-state index contributed by atoms with van der Waals surface area (Å²) in [5.41, 5.74) is 2.29. The summed E-state index contributed by atoms with van der Waals surface area (Å²) in [6, 6.07) is 12.3. The topological polar surface area (TPSA) is 33.5 Å². The molecule has 2 aromatic rings. The second-order valence-corrected chi connectivity index (χ2v) is 5.44. The molecule has 0 atom stereocenters. The minimum absolute atomic E-state index is 0.193. The molecule has 3 rings (SSSR count). The molecule has 0 unspecified atom stereocenters. The van der Waals surface area contributed by atoms with Gasteiger partial charge in [-0.3, -0.25) is 4.79 Å². The van der Waals surface area contributed by atoms with Crippen LogP contribution in [-0.4, -0.2) is 16.8 Å². The van der Waals surface area contributed by atoms with Gasteiger partial charge in [0.25, 0.3) is 0 Å². The number of benzene rings is 1. The number of furan rings is 1. The highest BCUT2D eigenvalue weighted by molar-refractivity contribution is 5.79. The maximum atomic E-state index is 12.6. The molecule has 104 valence electrons. The first kappa shape index (κ1) is 13.0. The van der Waals surface area contributed by atoms with E-state index >= 15 is 0 Å². The summed E-state index contributed by atoms with van der Waals surface area (Å²) in [6.45, 7) is 2.64. The van der Waals surface area contributed by atoms with Crippen molar-refractivity contribution >= 4 is 5.91 Å². The zero-order valence-electron chi connectivity index (χ0n) is 11.7. The standard InChI is InChI=1S/C17H19NO2/c1-13-5-2-3-6-14(13)11-17(19)18(15-8-9-15)12-16-7-4-10-20-16/h2-7,10,15H,8-9,11-12H2,1H3. The molecule has 3 nitrogen and oxygen atoms in total. The van der Waals surface area contributed by atoms with Gasteiger partial charge in [-0.1, -0.05) is 24.3 Å². The maximum absolute atomic E-state index is 12.6. The molecule has 0 radical (unpaired) electrons. The van der Waals surface area contributed by atoms with E-state index in [0.29, 0.717) is 19.0 Å². The summed E-state index contributed by atoms with van der Waals surface area (Å²) in [5, 5.41) is 0. The van der Waals surface area contributed by atoms with Crippen LogP contribution in [0.1, 0.15) is 29.7 Å². The number of hydrogen-bond donors (Lipinski definition) is 0. The number of amides is 1. The normalized spacial score (nSPS) is 14.2. The van der Waals surface area contributed by atoms with Crippen LogP contribution in [0.4, 0.5) is 0 Å². The zero-order valence-corrected chi connectivity index (χ0v) is 11.7. The molecule has 1 aliphatic rings. The van der Waals surface area contributed by atoms with Gasteiger partial charge in [-0.2, -0.15) is 0 Å². The fraction of sp³-hybridized carbons (Fsp3) is 0.353. The molecule has 20 heavy (non-hydrogen) atoms. The first-order valence-electron chi connectivity index (χ1n) is 7.10. The molecular weight excluding hydrogens is 250 g/mol. The maximum Gasteiger partial charge on any atom is 0.227 e. The Bertz CT molecular complexity index is 585. The zero-order chi connectivity index (χ0) is 13.9. The number of hydrogen-bond acceptors (Lipinski definition) is 2. The second-order valence-electron chi connectivity index (χ2n) is 5.44. The number of carbonyl (C=O) groups excluding carboxylic acids is 1. The average Bonchev–Trinajstić information content (AvgIpc) is 3.15. The molecule has 1 amide bonds. The lowest BCUT2D eigenvalue weighted by atomic mass is 10.1. The predicted molar refractivity (Wildman–Crippen MR) is 77.2 cm³/mol. The SMILES string of the molecule is Cc1ccccc1CC(=O)N(Cc1ccco1)C1CC1. The smallest absolute Gasteiger partial charge is 0.227 e. The fourth-order valence-corrected chi connectivity index (χ4v) is 2.45. The third-order valence-corrected chi connectivity index (χ3v) is 3.82. The third-order valence-electron chi connectivity index (χ3n) is 3.82. The molecule has 0 bridgehead atoms. The predicted octanol–water partition coefficient (Wildman–Crippen LogP) is 3.32. The fourth-order valence-electron chi connectivity index (χ4n) is 2.45. The largest absolute Gasteiger partial charge is 0.467 e. The lowest BCUT2D eigenvalue weighted by molar-refractivity contribution is -0.131. The Kier molecular flexibility index (Phi) is 3.59. The van der Waals surface area contributed by atoms with Crippen molar-refractivity contribution in [3.63, 3.8) is 0 Å². The Labute approximate surface area is 119 Å². The highest BCUT2D eigenvalue weighted by atomic mass is 16.3. The lowest BCUT2D eigenvalue weighted by Crippen LogP contribution is -2.33. The van der Waals surface area contributed by atoms with Crippen molar-refractivity contribution in [2.75, 3.05) is 0 Å². The van der Waals surface area contributed by atoms with Crippen LogP contribution in [0.3, 0.4) is 0 Å². The highest BCUT2D eigenvalue weighted by Crippen LogP contribution is 2.29. The van der Waals surface area contributed by atoms with Crippen LogP contribution < -0.4 is 0 Å². The molecule has 0 spiro atoms. The van der Waals surface area contributed by atoms with Crippen LogP contribution in [0, 0.1) is 6.92 Å². The van der Waals surface area contributed by atoms with E-state index in [1.54, 1.807) is 6.26 Å². The van der Waals surface area contributed by atoms with Gasteiger partial charge < -0.3 is 9.32 Å². The number of aryl methyl sites for hydroxylation is 1. The minimum Gasteiger partial charge on any atom is -0.467 e. The van der Waals surface area contributed by atoms with Crippen LogP contribution in [0.25, 0.3) is 0 Å². The Morgan fingerprint density at radius 2 is 2.05 bits per heavy atom. The van der Waals surface area contributed by atoms with Gasteiger partial charge in [0.1, 0.15) is 5.76 Å². The van der Waals surface area contributed by atoms with E-state index in [1.807, 2.05) is 35.2 Å². The first-order chi connectivity index (χ1) is 9.74. The highest BCUT2D eigenvalue weighted by Gasteiger charge is 2.33. The summed E-state index contributed by atoms with van der Waals surface area (Å²) in [7, 11) is 0. The molecule has 3 heteroatoms. The summed E-state index contributed by atoms with van der Waals surface area (Å²) < 4.78 is 5.37. The van der Waals surface area contributed by atoms with Crippen molar-refractivity contribution in [1.82, 2.24) is 4.90 Å². The third kappa shape index (κ3) is 2.93. The molecule has 0 saturated heterocycles. The van der Waals surface area contributed by atoms with Gasteiger partial charge in [-0.25, -0.2) is 0 Å². The van der Waals surface area contributed by atoms with Crippen LogP contribution in [0.2, 0.25) is 0 Å². The number of rotatable bonds is 5. The molecule has 1 fully saturated rings. The van der Waals surface area contributed by atoms with E-state index < -0.39 is 0 Å². The molecule has 0 N–H and O–H groups in total.